The van der Waals surface area contributed by atoms with Gasteiger partial charge in [0.25, 0.3) is 0 Å². The van der Waals surface area contributed by atoms with Gasteiger partial charge >= 0.3 is 0 Å². The molecule has 124 valence electrons. The summed E-state index contributed by atoms with van der Waals surface area (Å²) in [6.45, 7) is 11.5. The van der Waals surface area contributed by atoms with Crippen molar-refractivity contribution < 1.29 is 9.90 Å². The minimum Gasteiger partial charge on any atom is -0.392 e. The quantitative estimate of drug-likeness (QED) is 0.776. The lowest BCUT2D eigenvalue weighted by Gasteiger charge is -2.27. The van der Waals surface area contributed by atoms with Crippen LogP contribution in [0.2, 0.25) is 0 Å². The molecule has 0 saturated carbocycles. The molecule has 0 saturated heterocycles. The summed E-state index contributed by atoms with van der Waals surface area (Å²) in [5.74, 6) is 0.0538. The molecule has 1 aromatic carbocycles. The van der Waals surface area contributed by atoms with Gasteiger partial charge in [0.1, 0.15) is 0 Å². The van der Waals surface area contributed by atoms with Crippen molar-refractivity contribution in [1.29, 1.82) is 0 Å². The highest BCUT2D eigenvalue weighted by Crippen LogP contribution is 2.19. The standard InChI is InChI=1S/C18H30N2O2/c1-13(2)20(12-16(5)21)11-7-10-17(22)19-18-14(3)8-6-9-15(18)4/h6,8-9,13,16,21H,7,10-12H2,1-5H3,(H,19,22). The highest BCUT2D eigenvalue weighted by atomic mass is 16.3. The minimum atomic E-state index is -0.342. The first kappa shape index (κ1) is 18.7. The van der Waals surface area contributed by atoms with Crippen molar-refractivity contribution in [2.75, 3.05) is 18.4 Å². The summed E-state index contributed by atoms with van der Waals surface area (Å²) < 4.78 is 0. The van der Waals surface area contributed by atoms with Crippen molar-refractivity contribution in [2.45, 2.75) is 59.6 Å². The molecular weight excluding hydrogens is 276 g/mol. The van der Waals surface area contributed by atoms with Gasteiger partial charge in [-0.3, -0.25) is 9.69 Å². The van der Waals surface area contributed by atoms with Crippen LogP contribution in [0, 0.1) is 13.8 Å². The van der Waals surface area contributed by atoms with Gasteiger partial charge in [-0.2, -0.15) is 0 Å². The van der Waals surface area contributed by atoms with Crippen LogP contribution in [0.1, 0.15) is 44.7 Å². The molecular formula is C18H30N2O2. The average Bonchev–Trinajstić information content (AvgIpc) is 2.41. The van der Waals surface area contributed by atoms with Crippen LogP contribution in [-0.2, 0) is 4.79 Å². The third kappa shape index (κ3) is 6.16. The van der Waals surface area contributed by atoms with E-state index in [1.54, 1.807) is 6.92 Å². The number of amides is 1. The second-order valence-electron chi connectivity index (χ2n) is 6.36. The van der Waals surface area contributed by atoms with Crippen LogP contribution >= 0.6 is 0 Å². The average molecular weight is 306 g/mol. The molecule has 4 nitrogen and oxygen atoms in total. The number of benzene rings is 1. The van der Waals surface area contributed by atoms with E-state index in [9.17, 15) is 9.90 Å². The summed E-state index contributed by atoms with van der Waals surface area (Å²) in [6.07, 6.45) is 0.948. The molecule has 1 aromatic rings. The van der Waals surface area contributed by atoms with Crippen LogP contribution in [0.5, 0.6) is 0 Å². The number of para-hydroxylation sites is 1. The van der Waals surface area contributed by atoms with Crippen molar-refractivity contribution in [3.8, 4) is 0 Å². The first-order valence-corrected chi connectivity index (χ1v) is 8.09. The first-order chi connectivity index (χ1) is 10.3. The zero-order chi connectivity index (χ0) is 16.7. The summed E-state index contributed by atoms with van der Waals surface area (Å²) >= 11 is 0. The Labute approximate surface area is 134 Å². The van der Waals surface area contributed by atoms with Crippen molar-refractivity contribution in [1.82, 2.24) is 4.90 Å². The van der Waals surface area contributed by atoms with Gasteiger partial charge in [0.05, 0.1) is 6.10 Å². The first-order valence-electron chi connectivity index (χ1n) is 8.09. The van der Waals surface area contributed by atoms with Gasteiger partial charge in [-0.05, 0) is 58.7 Å². The Morgan fingerprint density at radius 3 is 2.32 bits per heavy atom. The number of hydrogen-bond acceptors (Lipinski definition) is 3. The van der Waals surface area contributed by atoms with Gasteiger partial charge < -0.3 is 10.4 Å². The van der Waals surface area contributed by atoms with E-state index in [0.29, 0.717) is 19.0 Å². The number of aliphatic hydroxyl groups is 1. The minimum absolute atomic E-state index is 0.0538. The smallest absolute Gasteiger partial charge is 0.224 e. The lowest BCUT2D eigenvalue weighted by molar-refractivity contribution is -0.116. The van der Waals surface area contributed by atoms with Crippen LogP contribution in [-0.4, -0.2) is 41.1 Å². The zero-order valence-electron chi connectivity index (χ0n) is 14.5. The summed E-state index contributed by atoms with van der Waals surface area (Å²) in [7, 11) is 0. The van der Waals surface area contributed by atoms with Crippen molar-refractivity contribution >= 4 is 11.6 Å². The largest absolute Gasteiger partial charge is 0.392 e. The van der Waals surface area contributed by atoms with Gasteiger partial charge in [-0.1, -0.05) is 18.2 Å². The number of carbonyl (C=O) groups is 1. The van der Waals surface area contributed by atoms with E-state index >= 15 is 0 Å². The second kappa shape index (κ2) is 8.91. The van der Waals surface area contributed by atoms with Crippen LogP contribution in [0.4, 0.5) is 5.69 Å². The number of anilines is 1. The molecule has 0 radical (unpaired) electrons. The van der Waals surface area contributed by atoms with Crippen LogP contribution in [0.15, 0.2) is 18.2 Å². The molecule has 0 bridgehead atoms. The van der Waals surface area contributed by atoms with Crippen molar-refractivity contribution in [2.24, 2.45) is 0 Å². The summed E-state index contributed by atoms with van der Waals surface area (Å²) in [5, 5.41) is 12.5. The normalized spacial score (nSPS) is 12.7. The van der Waals surface area contributed by atoms with E-state index in [1.807, 2.05) is 32.0 Å². The predicted molar refractivity (Wildman–Crippen MR) is 92.2 cm³/mol. The van der Waals surface area contributed by atoms with E-state index in [-0.39, 0.29) is 12.0 Å². The number of nitrogens with one attached hydrogen (secondary N) is 1. The fourth-order valence-corrected chi connectivity index (χ4v) is 2.56. The fourth-order valence-electron chi connectivity index (χ4n) is 2.56. The van der Waals surface area contributed by atoms with Gasteiger partial charge in [0.2, 0.25) is 5.91 Å². The number of carbonyl (C=O) groups excluding carboxylic acids is 1. The molecule has 1 rings (SSSR count). The number of rotatable bonds is 8. The number of hydrogen-bond donors (Lipinski definition) is 2. The lowest BCUT2D eigenvalue weighted by Crippen LogP contribution is -2.37. The Bertz CT molecular complexity index is 464. The lowest BCUT2D eigenvalue weighted by atomic mass is 10.1. The monoisotopic (exact) mass is 306 g/mol. The van der Waals surface area contributed by atoms with Crippen LogP contribution < -0.4 is 5.32 Å². The topological polar surface area (TPSA) is 52.6 Å². The highest BCUT2D eigenvalue weighted by Gasteiger charge is 2.13. The molecule has 0 aliphatic heterocycles. The Hall–Kier alpha value is -1.39. The third-order valence-corrected chi connectivity index (χ3v) is 3.82. The molecule has 22 heavy (non-hydrogen) atoms. The molecule has 1 unspecified atom stereocenters. The number of aryl methyl sites for hydroxylation is 2. The highest BCUT2D eigenvalue weighted by molar-refractivity contribution is 5.92. The van der Waals surface area contributed by atoms with Gasteiger partial charge in [-0.15, -0.1) is 0 Å². The maximum atomic E-state index is 12.1. The molecule has 4 heteroatoms. The Balaban J connectivity index is 2.46. The van der Waals surface area contributed by atoms with Gasteiger partial charge in [-0.25, -0.2) is 0 Å². The molecule has 0 fully saturated rings. The Kier molecular flexibility index (Phi) is 7.56. The van der Waals surface area contributed by atoms with Gasteiger partial charge in [0, 0.05) is 24.7 Å². The molecule has 0 heterocycles. The van der Waals surface area contributed by atoms with Crippen molar-refractivity contribution in [3.63, 3.8) is 0 Å². The van der Waals surface area contributed by atoms with E-state index < -0.39 is 0 Å². The summed E-state index contributed by atoms with van der Waals surface area (Å²) in [4.78, 5) is 14.3. The Morgan fingerprint density at radius 1 is 1.23 bits per heavy atom. The van der Waals surface area contributed by atoms with E-state index in [1.165, 1.54) is 0 Å². The molecule has 0 spiro atoms. The van der Waals surface area contributed by atoms with Crippen LogP contribution in [0.25, 0.3) is 0 Å². The predicted octanol–water partition coefficient (Wildman–Crippen LogP) is 3.11. The third-order valence-electron chi connectivity index (χ3n) is 3.82. The molecule has 1 amide bonds. The molecule has 2 N–H and O–H groups in total. The van der Waals surface area contributed by atoms with Gasteiger partial charge in [0.15, 0.2) is 0 Å². The summed E-state index contributed by atoms with van der Waals surface area (Å²) in [6, 6.07) is 6.38. The maximum absolute atomic E-state index is 12.1. The molecule has 0 aliphatic rings. The van der Waals surface area contributed by atoms with E-state index in [2.05, 4.69) is 24.1 Å². The van der Waals surface area contributed by atoms with Crippen molar-refractivity contribution in [3.05, 3.63) is 29.3 Å². The molecule has 0 aliphatic carbocycles. The van der Waals surface area contributed by atoms with E-state index in [4.69, 9.17) is 0 Å². The fraction of sp³-hybridized carbons (Fsp3) is 0.611. The SMILES string of the molecule is Cc1cccc(C)c1NC(=O)CCCN(CC(C)O)C(C)C. The van der Waals surface area contributed by atoms with Crippen LogP contribution in [0.3, 0.4) is 0 Å². The van der Waals surface area contributed by atoms with E-state index in [0.717, 1.165) is 29.8 Å². The second-order valence-corrected chi connectivity index (χ2v) is 6.36. The Morgan fingerprint density at radius 2 is 1.82 bits per heavy atom. The number of nitrogens with zero attached hydrogens (tertiary/aromatic N) is 1. The number of aliphatic hydroxyl groups excluding tert-OH is 1. The molecule has 1 atom stereocenters. The summed E-state index contributed by atoms with van der Waals surface area (Å²) in [5.41, 5.74) is 3.11. The maximum Gasteiger partial charge on any atom is 0.224 e. The molecule has 0 aromatic heterocycles. The zero-order valence-corrected chi connectivity index (χ0v) is 14.5.